The molecule has 0 radical (unpaired) electrons. The van der Waals surface area contributed by atoms with E-state index in [1.54, 1.807) is 7.11 Å². The molecule has 3 aromatic rings. The van der Waals surface area contributed by atoms with Crippen molar-refractivity contribution in [3.8, 4) is 5.75 Å². The quantitative estimate of drug-likeness (QED) is 0.331. The van der Waals surface area contributed by atoms with Crippen molar-refractivity contribution >= 4 is 30.1 Å². The zero-order valence-electron chi connectivity index (χ0n) is 27.2. The van der Waals surface area contributed by atoms with E-state index >= 15 is 0 Å². The maximum Gasteiger partial charge on any atom is 0.407 e. The van der Waals surface area contributed by atoms with Crippen molar-refractivity contribution in [2.75, 3.05) is 38.2 Å². The van der Waals surface area contributed by atoms with Crippen LogP contribution in [-0.4, -0.2) is 99.4 Å². The number of aromatic nitrogens is 2. The molecule has 2 aliphatic rings. The Bertz CT molecular complexity index is 1520. The zero-order valence-corrected chi connectivity index (χ0v) is 27.2. The largest absolute Gasteiger partial charge is 0.497 e. The van der Waals surface area contributed by atoms with Gasteiger partial charge in [-0.3, -0.25) is 14.2 Å². The number of carboxylic acid groups (broad SMARTS) is 1. The molecular weight excluding hydrogens is 572 g/mol. The van der Waals surface area contributed by atoms with Crippen molar-refractivity contribution in [2.24, 2.45) is 10.8 Å². The van der Waals surface area contributed by atoms with Gasteiger partial charge in [-0.15, -0.1) is 0 Å². The number of carbonyl (C=O) groups is 3. The molecule has 2 saturated heterocycles. The van der Waals surface area contributed by atoms with E-state index in [1.807, 2.05) is 71.3 Å². The first-order chi connectivity index (χ1) is 21.4. The summed E-state index contributed by atoms with van der Waals surface area (Å²) >= 11 is 0. The first-order valence-electron chi connectivity index (χ1n) is 15.6. The van der Waals surface area contributed by atoms with Gasteiger partial charge in [-0.05, 0) is 62.6 Å². The van der Waals surface area contributed by atoms with Gasteiger partial charge in [-0.2, -0.15) is 0 Å². The highest BCUT2D eigenvalue weighted by molar-refractivity contribution is 5.66. The third-order valence-corrected chi connectivity index (χ3v) is 9.52. The van der Waals surface area contributed by atoms with Crippen molar-refractivity contribution in [3.63, 3.8) is 0 Å². The Morgan fingerprint density at radius 2 is 1.71 bits per heavy atom. The molecule has 1 aromatic carbocycles. The Balaban J connectivity index is 1.47. The van der Waals surface area contributed by atoms with Crippen LogP contribution in [0.2, 0.25) is 0 Å². The number of anilines is 1. The number of methoxy groups -OCH3 is 1. The van der Waals surface area contributed by atoms with Gasteiger partial charge in [-0.1, -0.05) is 26.0 Å². The Morgan fingerprint density at radius 1 is 1.00 bits per heavy atom. The van der Waals surface area contributed by atoms with Gasteiger partial charge >= 0.3 is 6.09 Å². The number of ether oxygens (including phenoxy) is 1. The van der Waals surface area contributed by atoms with Crippen LogP contribution in [0.1, 0.15) is 52.2 Å². The summed E-state index contributed by atoms with van der Waals surface area (Å²) < 4.78 is 7.44. The van der Waals surface area contributed by atoms with E-state index in [1.165, 1.54) is 4.90 Å². The van der Waals surface area contributed by atoms with Crippen LogP contribution in [0.15, 0.2) is 48.8 Å². The maximum absolute atomic E-state index is 12.7. The minimum absolute atomic E-state index is 0.0657. The van der Waals surface area contributed by atoms with Gasteiger partial charge in [0.1, 0.15) is 29.8 Å². The second-order valence-corrected chi connectivity index (χ2v) is 13.7. The molecule has 2 aromatic heterocycles. The number of aldehydes is 2. The van der Waals surface area contributed by atoms with E-state index < -0.39 is 16.9 Å². The number of fused-ring (bicyclic) bond motifs is 1. The van der Waals surface area contributed by atoms with Gasteiger partial charge in [0, 0.05) is 63.0 Å². The fourth-order valence-corrected chi connectivity index (χ4v) is 7.08. The fraction of sp³-hybridized carbons (Fsp3) is 0.529. The third kappa shape index (κ3) is 6.55. The van der Waals surface area contributed by atoms with Crippen LogP contribution < -0.4 is 9.64 Å². The number of carbonyl (C=O) groups excluding carboxylic acids is 2. The van der Waals surface area contributed by atoms with E-state index in [0.29, 0.717) is 39.3 Å². The van der Waals surface area contributed by atoms with Crippen molar-refractivity contribution in [2.45, 2.75) is 72.4 Å². The molecule has 5 rings (SSSR count). The lowest BCUT2D eigenvalue weighted by Gasteiger charge is -2.56. The second-order valence-electron chi connectivity index (χ2n) is 13.7. The molecule has 4 heterocycles. The van der Waals surface area contributed by atoms with Crippen molar-refractivity contribution in [1.82, 2.24) is 24.1 Å². The molecule has 0 saturated carbocycles. The molecule has 1 amide bonds. The predicted molar refractivity (Wildman–Crippen MR) is 172 cm³/mol. The Labute approximate surface area is 265 Å². The van der Waals surface area contributed by atoms with Gasteiger partial charge in [-0.25, -0.2) is 9.78 Å². The lowest BCUT2D eigenvalue weighted by atomic mass is 9.77. The van der Waals surface area contributed by atoms with Gasteiger partial charge in [0.15, 0.2) is 0 Å². The smallest absolute Gasteiger partial charge is 0.407 e. The molecule has 11 nitrogen and oxygen atoms in total. The fourth-order valence-electron chi connectivity index (χ4n) is 7.08. The molecule has 0 aliphatic carbocycles. The topological polar surface area (TPSA) is 111 Å². The first-order valence-corrected chi connectivity index (χ1v) is 15.6. The summed E-state index contributed by atoms with van der Waals surface area (Å²) in [7, 11) is 1.64. The van der Waals surface area contributed by atoms with Crippen LogP contribution in [-0.2, 0) is 22.7 Å². The number of pyridine rings is 1. The number of hydrogen-bond acceptors (Lipinski definition) is 8. The van der Waals surface area contributed by atoms with Crippen molar-refractivity contribution in [1.29, 1.82) is 0 Å². The number of benzene rings is 1. The highest BCUT2D eigenvalue weighted by Crippen LogP contribution is 2.41. The molecule has 3 atom stereocenters. The predicted octanol–water partition coefficient (Wildman–Crippen LogP) is 4.38. The number of imidazole rings is 1. The van der Waals surface area contributed by atoms with E-state index in [9.17, 15) is 19.5 Å². The van der Waals surface area contributed by atoms with E-state index in [2.05, 4.69) is 31.2 Å². The molecule has 0 bridgehead atoms. The zero-order chi connectivity index (χ0) is 32.5. The highest BCUT2D eigenvalue weighted by atomic mass is 16.5. The van der Waals surface area contributed by atoms with Crippen molar-refractivity contribution < 1.29 is 24.2 Å². The molecule has 11 heteroatoms. The molecule has 2 fully saturated rings. The number of piperazine rings is 1. The average Bonchev–Trinajstić information content (AvgIpc) is 3.44. The molecule has 1 N–H and O–H groups in total. The van der Waals surface area contributed by atoms with Crippen LogP contribution in [0.5, 0.6) is 5.75 Å². The summed E-state index contributed by atoms with van der Waals surface area (Å²) in [6.07, 6.45) is 5.49. The monoisotopic (exact) mass is 618 g/mol. The summed E-state index contributed by atoms with van der Waals surface area (Å²) in [6.45, 7) is 13.6. The van der Waals surface area contributed by atoms with Crippen LogP contribution in [0, 0.1) is 10.8 Å². The SMILES string of the molecule is COc1ccc(CN2C(C(C)(C)C=O)CCN(c3cnc4cc(CN5CCN(C(=O)O)[C@@H](C)C5)ccn34)C2C(C)(C)C=O)cc1. The maximum atomic E-state index is 12.7. The Hall–Kier alpha value is -3.96. The van der Waals surface area contributed by atoms with Crippen LogP contribution >= 0.6 is 0 Å². The third-order valence-electron chi connectivity index (χ3n) is 9.52. The lowest BCUT2D eigenvalue weighted by Crippen LogP contribution is -2.66. The normalized spacial score (nSPS) is 22.0. The number of amides is 1. The lowest BCUT2D eigenvalue weighted by molar-refractivity contribution is -0.126. The van der Waals surface area contributed by atoms with Gasteiger partial charge in [0.05, 0.1) is 24.9 Å². The molecule has 2 aliphatic heterocycles. The van der Waals surface area contributed by atoms with E-state index in [-0.39, 0.29) is 18.2 Å². The van der Waals surface area contributed by atoms with Crippen LogP contribution in [0.25, 0.3) is 5.65 Å². The van der Waals surface area contributed by atoms with Crippen molar-refractivity contribution in [3.05, 3.63) is 59.9 Å². The molecule has 0 spiro atoms. The number of nitrogens with zero attached hydrogens (tertiary/aromatic N) is 6. The van der Waals surface area contributed by atoms with Gasteiger partial charge in [0.25, 0.3) is 0 Å². The highest BCUT2D eigenvalue weighted by Gasteiger charge is 2.49. The Kier molecular flexibility index (Phi) is 9.23. The standard InChI is InChI=1S/C34H46N6O5/c1-24-19-36(15-16-37(24)32(43)44)20-26-11-13-38-29(17-26)35-18-30(38)39-14-12-28(33(2,3)22-41)40(31(39)34(4,5)23-42)21-25-7-9-27(45-6)10-8-25/h7-11,13,17-18,22-24,28,31H,12,14-16,19-21H2,1-6H3,(H,43,44)/t24-,28?,31?/m0/s1. The summed E-state index contributed by atoms with van der Waals surface area (Å²) in [6, 6.07) is 11.9. The van der Waals surface area contributed by atoms with Crippen LogP contribution in [0.3, 0.4) is 0 Å². The van der Waals surface area contributed by atoms with E-state index in [0.717, 1.165) is 47.3 Å². The minimum atomic E-state index is -0.870. The molecule has 242 valence electrons. The molecule has 45 heavy (non-hydrogen) atoms. The van der Waals surface area contributed by atoms with Gasteiger partial charge in [0.2, 0.25) is 0 Å². The second kappa shape index (κ2) is 12.8. The summed E-state index contributed by atoms with van der Waals surface area (Å²) in [5.74, 6) is 1.66. The van der Waals surface area contributed by atoms with Crippen LogP contribution in [0.4, 0.5) is 10.6 Å². The molecular formula is C34H46N6O5. The minimum Gasteiger partial charge on any atom is -0.497 e. The molecule has 2 unspecified atom stereocenters. The summed E-state index contributed by atoms with van der Waals surface area (Å²) in [4.78, 5) is 49.7. The first kappa shape index (κ1) is 32.4. The number of hydrogen-bond donors (Lipinski definition) is 1. The average molecular weight is 619 g/mol. The summed E-state index contributed by atoms with van der Waals surface area (Å²) in [5.41, 5.74) is 1.57. The van der Waals surface area contributed by atoms with Gasteiger partial charge < -0.3 is 29.2 Å². The summed E-state index contributed by atoms with van der Waals surface area (Å²) in [5, 5.41) is 9.42. The Morgan fingerprint density at radius 3 is 2.33 bits per heavy atom. The number of rotatable bonds is 10. The van der Waals surface area contributed by atoms with E-state index in [4.69, 9.17) is 9.72 Å².